The van der Waals surface area contributed by atoms with Crippen LogP contribution in [0.4, 0.5) is 9.18 Å². The highest BCUT2D eigenvalue weighted by molar-refractivity contribution is 7.89. The van der Waals surface area contributed by atoms with E-state index in [1.807, 2.05) is 0 Å². The molecule has 0 spiro atoms. The van der Waals surface area contributed by atoms with E-state index in [4.69, 9.17) is 5.73 Å². The fourth-order valence-electron chi connectivity index (χ4n) is 2.57. The van der Waals surface area contributed by atoms with Crippen molar-refractivity contribution in [2.24, 2.45) is 11.7 Å². The molecule has 22 heavy (non-hydrogen) atoms. The molecule has 1 aromatic carbocycles. The summed E-state index contributed by atoms with van der Waals surface area (Å²) in [5.41, 5.74) is 5.78. The molecule has 1 aliphatic rings. The zero-order chi connectivity index (χ0) is 16.5. The number of benzene rings is 1. The third-order valence-electron chi connectivity index (χ3n) is 3.88. The van der Waals surface area contributed by atoms with Gasteiger partial charge in [-0.05, 0) is 49.4 Å². The van der Waals surface area contributed by atoms with Gasteiger partial charge in [0.15, 0.2) is 0 Å². The van der Waals surface area contributed by atoms with Crippen LogP contribution in [-0.2, 0) is 10.0 Å². The maximum Gasteiger partial charge on any atom is 0.314 e. The Bertz CT molecular complexity index is 668. The predicted octanol–water partition coefficient (Wildman–Crippen LogP) is 1.12. The van der Waals surface area contributed by atoms with Crippen LogP contribution in [0.25, 0.3) is 0 Å². The highest BCUT2D eigenvalue weighted by Crippen LogP contribution is 2.20. The highest BCUT2D eigenvalue weighted by Gasteiger charge is 2.26. The summed E-state index contributed by atoms with van der Waals surface area (Å²) in [4.78, 5) is 12.6. The van der Waals surface area contributed by atoms with Gasteiger partial charge >= 0.3 is 6.03 Å². The van der Waals surface area contributed by atoms with E-state index >= 15 is 0 Å². The van der Waals surface area contributed by atoms with E-state index in [1.54, 1.807) is 0 Å². The largest absolute Gasteiger partial charge is 0.351 e. The lowest BCUT2D eigenvalue weighted by molar-refractivity contribution is 0.217. The molecule has 1 saturated heterocycles. The molecular weight excluding hydrogens is 309 g/mol. The molecule has 0 radical (unpaired) electrons. The molecule has 0 bridgehead atoms. The normalized spacial score (nSPS) is 18.7. The number of halogens is 1. The lowest BCUT2D eigenvalue weighted by atomic mass is 10.1. The van der Waals surface area contributed by atoms with E-state index in [0.717, 1.165) is 0 Å². The van der Waals surface area contributed by atoms with Gasteiger partial charge < -0.3 is 10.6 Å². The summed E-state index contributed by atoms with van der Waals surface area (Å²) in [6.07, 6.45) is 0.701. The van der Waals surface area contributed by atoms with Crippen molar-refractivity contribution in [2.75, 3.05) is 19.6 Å². The van der Waals surface area contributed by atoms with Crippen molar-refractivity contribution in [3.8, 4) is 0 Å². The van der Waals surface area contributed by atoms with Crippen molar-refractivity contribution in [3.63, 3.8) is 0 Å². The van der Waals surface area contributed by atoms with Crippen LogP contribution in [0.5, 0.6) is 0 Å². The zero-order valence-corrected chi connectivity index (χ0v) is 13.4. The van der Waals surface area contributed by atoms with Crippen LogP contribution in [0.15, 0.2) is 17.0 Å². The number of aryl methyl sites for hydroxylation is 2. The second kappa shape index (κ2) is 6.21. The molecule has 6 nitrogen and oxygen atoms in total. The van der Waals surface area contributed by atoms with Crippen LogP contribution in [0.2, 0.25) is 0 Å². The van der Waals surface area contributed by atoms with Crippen LogP contribution in [0, 0.1) is 25.6 Å². The predicted molar refractivity (Wildman–Crippen MR) is 80.3 cm³/mol. The number of likely N-dealkylation sites (tertiary alicyclic amines) is 1. The molecule has 1 aliphatic heterocycles. The van der Waals surface area contributed by atoms with Gasteiger partial charge in [-0.15, -0.1) is 0 Å². The number of amides is 2. The maximum absolute atomic E-state index is 13.6. The number of hydrogen-bond acceptors (Lipinski definition) is 3. The van der Waals surface area contributed by atoms with Gasteiger partial charge in [0.1, 0.15) is 5.82 Å². The Morgan fingerprint density at radius 2 is 2.00 bits per heavy atom. The average Bonchev–Trinajstić information content (AvgIpc) is 2.91. The van der Waals surface area contributed by atoms with Gasteiger partial charge in [0.05, 0.1) is 4.90 Å². The molecular formula is C14H20FN3O3S. The van der Waals surface area contributed by atoms with E-state index < -0.39 is 21.9 Å². The number of nitrogens with zero attached hydrogens (tertiary/aromatic N) is 1. The lowest BCUT2D eigenvalue weighted by Gasteiger charge is -2.14. The van der Waals surface area contributed by atoms with Crippen LogP contribution in [0.3, 0.4) is 0 Å². The molecule has 1 atom stereocenters. The molecule has 1 unspecified atom stereocenters. The molecule has 0 aromatic heterocycles. The van der Waals surface area contributed by atoms with E-state index in [0.29, 0.717) is 30.6 Å². The molecule has 8 heteroatoms. The number of carbonyl (C=O) groups excluding carboxylic acids is 1. The molecule has 122 valence electrons. The van der Waals surface area contributed by atoms with Crippen molar-refractivity contribution >= 4 is 16.1 Å². The van der Waals surface area contributed by atoms with Crippen LogP contribution in [0.1, 0.15) is 17.5 Å². The van der Waals surface area contributed by atoms with Crippen molar-refractivity contribution in [3.05, 3.63) is 29.1 Å². The molecule has 3 N–H and O–H groups in total. The van der Waals surface area contributed by atoms with Crippen molar-refractivity contribution in [1.82, 2.24) is 9.62 Å². The summed E-state index contributed by atoms with van der Waals surface area (Å²) in [5.74, 6) is -0.364. The van der Waals surface area contributed by atoms with Gasteiger partial charge in [-0.25, -0.2) is 22.3 Å². The minimum atomic E-state index is -3.70. The summed E-state index contributed by atoms with van der Waals surface area (Å²) < 4.78 is 40.7. The summed E-state index contributed by atoms with van der Waals surface area (Å²) in [6.45, 7) is 4.27. The topological polar surface area (TPSA) is 92.5 Å². The minimum absolute atomic E-state index is 0.0323. The van der Waals surface area contributed by atoms with Crippen molar-refractivity contribution in [2.45, 2.75) is 25.2 Å². The fraction of sp³-hybridized carbons (Fsp3) is 0.500. The molecule has 0 saturated carbocycles. The monoisotopic (exact) mass is 329 g/mol. The molecule has 1 fully saturated rings. The van der Waals surface area contributed by atoms with Gasteiger partial charge in [0, 0.05) is 19.6 Å². The van der Waals surface area contributed by atoms with Crippen LogP contribution in [-0.4, -0.2) is 39.0 Å². The minimum Gasteiger partial charge on any atom is -0.351 e. The molecule has 2 amide bonds. The van der Waals surface area contributed by atoms with Gasteiger partial charge in [0.2, 0.25) is 10.0 Å². The van der Waals surface area contributed by atoms with E-state index in [-0.39, 0.29) is 17.4 Å². The van der Waals surface area contributed by atoms with E-state index in [1.165, 1.54) is 30.9 Å². The number of carbonyl (C=O) groups is 1. The van der Waals surface area contributed by atoms with Gasteiger partial charge in [0.25, 0.3) is 0 Å². The highest BCUT2D eigenvalue weighted by atomic mass is 32.2. The Balaban J connectivity index is 2.05. The standard InChI is InChI=1S/C14H20FN3O3S/c1-9-5-12(6-10(2)13(9)15)22(20,21)17-7-11-3-4-18(8-11)14(16)19/h5-6,11,17H,3-4,7-8H2,1-2H3,(H2,16,19). The number of primary amides is 1. The molecule has 2 rings (SSSR count). The number of nitrogens with two attached hydrogens (primary N) is 1. The smallest absolute Gasteiger partial charge is 0.314 e. The number of hydrogen-bond donors (Lipinski definition) is 2. The van der Waals surface area contributed by atoms with Crippen LogP contribution >= 0.6 is 0 Å². The summed E-state index contributed by atoms with van der Waals surface area (Å²) >= 11 is 0. The third-order valence-corrected chi connectivity index (χ3v) is 5.28. The first kappa shape index (κ1) is 16.7. The summed E-state index contributed by atoms with van der Waals surface area (Å²) in [6, 6.07) is 2.14. The van der Waals surface area contributed by atoms with Gasteiger partial charge in [-0.3, -0.25) is 0 Å². The van der Waals surface area contributed by atoms with Gasteiger partial charge in [-0.1, -0.05) is 0 Å². The average molecular weight is 329 g/mol. The number of urea groups is 1. The van der Waals surface area contributed by atoms with Crippen molar-refractivity contribution in [1.29, 1.82) is 0 Å². The van der Waals surface area contributed by atoms with E-state index in [2.05, 4.69) is 4.72 Å². The SMILES string of the molecule is Cc1cc(S(=O)(=O)NCC2CCN(C(N)=O)C2)cc(C)c1F. The molecule has 0 aliphatic carbocycles. The lowest BCUT2D eigenvalue weighted by Crippen LogP contribution is -2.35. The first-order chi connectivity index (χ1) is 10.2. The molecule has 1 heterocycles. The molecule has 1 aromatic rings. The summed E-state index contributed by atoms with van der Waals surface area (Å²) in [7, 11) is -3.70. The number of nitrogens with one attached hydrogen (secondary N) is 1. The van der Waals surface area contributed by atoms with Gasteiger partial charge in [-0.2, -0.15) is 0 Å². The van der Waals surface area contributed by atoms with E-state index in [9.17, 15) is 17.6 Å². The van der Waals surface area contributed by atoms with Crippen LogP contribution < -0.4 is 10.5 Å². The quantitative estimate of drug-likeness (QED) is 0.867. The number of rotatable bonds is 4. The third kappa shape index (κ3) is 3.56. The Morgan fingerprint density at radius 1 is 1.41 bits per heavy atom. The first-order valence-electron chi connectivity index (χ1n) is 7.01. The summed E-state index contributed by atoms with van der Waals surface area (Å²) in [5, 5.41) is 0. The number of sulfonamides is 1. The Kier molecular flexibility index (Phi) is 4.72. The second-order valence-corrected chi connectivity index (χ2v) is 7.43. The van der Waals surface area contributed by atoms with Crippen molar-refractivity contribution < 1.29 is 17.6 Å². The fourth-order valence-corrected chi connectivity index (χ4v) is 3.86. The second-order valence-electron chi connectivity index (χ2n) is 5.66. The Morgan fingerprint density at radius 3 is 2.50 bits per heavy atom. The Hall–Kier alpha value is -1.67. The Labute approximate surface area is 129 Å². The zero-order valence-electron chi connectivity index (χ0n) is 12.6. The first-order valence-corrected chi connectivity index (χ1v) is 8.50. The maximum atomic E-state index is 13.6.